The third-order valence-electron chi connectivity index (χ3n) is 5.64. The van der Waals surface area contributed by atoms with Gasteiger partial charge in [-0.05, 0) is 60.9 Å². The molecule has 2 heterocycles. The van der Waals surface area contributed by atoms with Gasteiger partial charge in [0.25, 0.3) is 0 Å². The standard InChI is InChI=1S/C25H30N2O3/c1-4-30-21-9-5-8-19(14-21)18-27-13-7-12-26-11-6-10-24(26)25(27)20-15-22(28-2)17-23(16-20)29-3/h5-6,8-11,14-17,25H,4,7,12-13,18H2,1-3H3. The van der Waals surface area contributed by atoms with E-state index in [9.17, 15) is 0 Å². The van der Waals surface area contributed by atoms with Gasteiger partial charge in [0.15, 0.2) is 0 Å². The molecule has 1 aliphatic rings. The van der Waals surface area contributed by atoms with E-state index in [1.54, 1.807) is 14.2 Å². The SMILES string of the molecule is CCOc1cccc(CN2CCCn3cccc3C2c2cc(OC)cc(OC)c2)c1. The first-order chi connectivity index (χ1) is 14.7. The zero-order chi connectivity index (χ0) is 20.9. The van der Waals surface area contributed by atoms with Crippen LogP contribution in [0.4, 0.5) is 0 Å². The Morgan fingerprint density at radius 1 is 0.900 bits per heavy atom. The Kier molecular flexibility index (Phi) is 6.29. The molecule has 0 aliphatic carbocycles. The second kappa shape index (κ2) is 9.26. The summed E-state index contributed by atoms with van der Waals surface area (Å²) < 4.78 is 19.2. The smallest absolute Gasteiger partial charge is 0.122 e. The minimum atomic E-state index is 0.113. The van der Waals surface area contributed by atoms with Crippen LogP contribution in [0.25, 0.3) is 0 Å². The fourth-order valence-electron chi connectivity index (χ4n) is 4.31. The Morgan fingerprint density at radius 3 is 2.43 bits per heavy atom. The van der Waals surface area contributed by atoms with Crippen LogP contribution in [0.15, 0.2) is 60.8 Å². The van der Waals surface area contributed by atoms with Gasteiger partial charge in [0.05, 0.1) is 26.9 Å². The van der Waals surface area contributed by atoms with Crippen LogP contribution in [0, 0.1) is 0 Å². The van der Waals surface area contributed by atoms with Crippen LogP contribution < -0.4 is 14.2 Å². The Hall–Kier alpha value is -2.92. The molecule has 0 amide bonds. The molecule has 0 fully saturated rings. The lowest BCUT2D eigenvalue weighted by atomic mass is 10.00. The predicted molar refractivity (Wildman–Crippen MR) is 118 cm³/mol. The van der Waals surface area contributed by atoms with Crippen LogP contribution >= 0.6 is 0 Å². The lowest BCUT2D eigenvalue weighted by Crippen LogP contribution is -2.29. The molecule has 1 atom stereocenters. The number of nitrogens with zero attached hydrogens (tertiary/aromatic N) is 2. The number of aryl methyl sites for hydroxylation is 1. The van der Waals surface area contributed by atoms with E-state index in [0.717, 1.165) is 43.3 Å². The third-order valence-corrected chi connectivity index (χ3v) is 5.64. The van der Waals surface area contributed by atoms with Crippen molar-refractivity contribution >= 4 is 0 Å². The molecule has 158 valence electrons. The van der Waals surface area contributed by atoms with E-state index in [-0.39, 0.29) is 6.04 Å². The molecule has 0 N–H and O–H groups in total. The molecule has 0 saturated heterocycles. The van der Waals surface area contributed by atoms with E-state index in [0.29, 0.717) is 6.61 Å². The molecule has 0 bridgehead atoms. The summed E-state index contributed by atoms with van der Waals surface area (Å²) in [4.78, 5) is 2.54. The van der Waals surface area contributed by atoms with Gasteiger partial charge in [0.2, 0.25) is 0 Å². The van der Waals surface area contributed by atoms with E-state index in [4.69, 9.17) is 14.2 Å². The highest BCUT2D eigenvalue weighted by molar-refractivity contribution is 5.43. The number of hydrogen-bond donors (Lipinski definition) is 0. The number of fused-ring (bicyclic) bond motifs is 1. The first kappa shape index (κ1) is 20.4. The number of rotatable bonds is 7. The summed E-state index contributed by atoms with van der Waals surface area (Å²) >= 11 is 0. The van der Waals surface area contributed by atoms with Crippen molar-refractivity contribution in [1.82, 2.24) is 9.47 Å². The molecule has 1 aromatic heterocycles. The Labute approximate surface area is 178 Å². The molecule has 2 aromatic carbocycles. The first-order valence-corrected chi connectivity index (χ1v) is 10.6. The van der Waals surface area contributed by atoms with Crippen LogP contribution in [-0.2, 0) is 13.1 Å². The van der Waals surface area contributed by atoms with Gasteiger partial charge in [0.1, 0.15) is 17.2 Å². The fraction of sp³-hybridized carbons (Fsp3) is 0.360. The molecule has 1 unspecified atom stereocenters. The van der Waals surface area contributed by atoms with Crippen molar-refractivity contribution < 1.29 is 14.2 Å². The predicted octanol–water partition coefficient (Wildman–Crippen LogP) is 4.90. The average Bonchev–Trinajstić information content (AvgIpc) is 3.15. The number of aromatic nitrogens is 1. The minimum absolute atomic E-state index is 0.113. The van der Waals surface area contributed by atoms with Crippen molar-refractivity contribution in [3.63, 3.8) is 0 Å². The maximum atomic E-state index is 5.72. The van der Waals surface area contributed by atoms with Crippen LogP contribution in [0.3, 0.4) is 0 Å². The van der Waals surface area contributed by atoms with Crippen LogP contribution in [-0.4, -0.2) is 36.8 Å². The second-order valence-corrected chi connectivity index (χ2v) is 7.58. The molecular formula is C25H30N2O3. The lowest BCUT2D eigenvalue weighted by Gasteiger charge is -2.31. The molecule has 0 spiro atoms. The number of hydrogen-bond acceptors (Lipinski definition) is 4. The molecule has 5 nitrogen and oxygen atoms in total. The van der Waals surface area contributed by atoms with E-state index in [1.165, 1.54) is 16.8 Å². The Balaban J connectivity index is 1.74. The summed E-state index contributed by atoms with van der Waals surface area (Å²) in [6.45, 7) is 5.56. The summed E-state index contributed by atoms with van der Waals surface area (Å²) in [6.07, 6.45) is 3.28. The second-order valence-electron chi connectivity index (χ2n) is 7.58. The van der Waals surface area contributed by atoms with E-state index >= 15 is 0 Å². The zero-order valence-corrected chi connectivity index (χ0v) is 18.0. The van der Waals surface area contributed by atoms with Crippen LogP contribution in [0.1, 0.15) is 36.2 Å². The van der Waals surface area contributed by atoms with Crippen molar-refractivity contribution in [2.24, 2.45) is 0 Å². The van der Waals surface area contributed by atoms with Crippen LogP contribution in [0.2, 0.25) is 0 Å². The fourth-order valence-corrected chi connectivity index (χ4v) is 4.31. The normalized spacial score (nSPS) is 16.6. The van der Waals surface area contributed by atoms with Crippen molar-refractivity contribution in [3.05, 3.63) is 77.6 Å². The quantitative estimate of drug-likeness (QED) is 0.559. The van der Waals surface area contributed by atoms with Crippen LogP contribution in [0.5, 0.6) is 17.2 Å². The van der Waals surface area contributed by atoms with Crippen molar-refractivity contribution in [1.29, 1.82) is 0 Å². The summed E-state index contributed by atoms with van der Waals surface area (Å²) in [5.74, 6) is 2.54. The van der Waals surface area contributed by atoms with Gasteiger partial charge in [0, 0.05) is 37.6 Å². The van der Waals surface area contributed by atoms with Gasteiger partial charge in [-0.2, -0.15) is 0 Å². The molecule has 3 aromatic rings. The van der Waals surface area contributed by atoms with Crippen molar-refractivity contribution in [2.75, 3.05) is 27.4 Å². The lowest BCUT2D eigenvalue weighted by molar-refractivity contribution is 0.219. The monoisotopic (exact) mass is 406 g/mol. The molecule has 30 heavy (non-hydrogen) atoms. The first-order valence-electron chi connectivity index (χ1n) is 10.6. The largest absolute Gasteiger partial charge is 0.497 e. The van der Waals surface area contributed by atoms with Crippen molar-refractivity contribution in [2.45, 2.75) is 32.5 Å². The van der Waals surface area contributed by atoms with E-state index < -0.39 is 0 Å². The van der Waals surface area contributed by atoms with Gasteiger partial charge >= 0.3 is 0 Å². The molecule has 1 aliphatic heterocycles. The maximum absolute atomic E-state index is 5.72. The number of benzene rings is 2. The van der Waals surface area contributed by atoms with Gasteiger partial charge in [-0.1, -0.05) is 12.1 Å². The number of ether oxygens (including phenoxy) is 3. The van der Waals surface area contributed by atoms with Gasteiger partial charge in [-0.3, -0.25) is 4.90 Å². The third kappa shape index (κ3) is 4.31. The highest BCUT2D eigenvalue weighted by Crippen LogP contribution is 2.37. The highest BCUT2D eigenvalue weighted by atomic mass is 16.5. The molecule has 0 saturated carbocycles. The minimum Gasteiger partial charge on any atom is -0.497 e. The van der Waals surface area contributed by atoms with E-state index in [2.05, 4.69) is 58.1 Å². The molecule has 5 heteroatoms. The van der Waals surface area contributed by atoms with Crippen molar-refractivity contribution in [3.8, 4) is 17.2 Å². The summed E-state index contributed by atoms with van der Waals surface area (Å²) in [7, 11) is 3.40. The van der Waals surface area contributed by atoms with Gasteiger partial charge < -0.3 is 18.8 Å². The zero-order valence-electron chi connectivity index (χ0n) is 18.0. The molecule has 4 rings (SSSR count). The molecular weight excluding hydrogens is 376 g/mol. The number of methoxy groups -OCH3 is 2. The topological polar surface area (TPSA) is 35.9 Å². The summed E-state index contributed by atoms with van der Waals surface area (Å²) in [6, 6.07) is 19.1. The summed E-state index contributed by atoms with van der Waals surface area (Å²) in [5.41, 5.74) is 3.72. The molecule has 0 radical (unpaired) electrons. The summed E-state index contributed by atoms with van der Waals surface area (Å²) in [5, 5.41) is 0. The Bertz CT molecular complexity index is 960. The Morgan fingerprint density at radius 2 is 1.70 bits per heavy atom. The van der Waals surface area contributed by atoms with E-state index in [1.807, 2.05) is 19.1 Å². The maximum Gasteiger partial charge on any atom is 0.122 e. The highest BCUT2D eigenvalue weighted by Gasteiger charge is 2.28. The van der Waals surface area contributed by atoms with Gasteiger partial charge in [-0.15, -0.1) is 0 Å². The van der Waals surface area contributed by atoms with Gasteiger partial charge in [-0.25, -0.2) is 0 Å². The average molecular weight is 407 g/mol.